The highest BCUT2D eigenvalue weighted by atomic mass is 16.5. The number of aromatic amines is 1. The van der Waals surface area contributed by atoms with Crippen LogP contribution in [0.1, 0.15) is 51.3 Å². The molecule has 1 atom stereocenters. The number of primary amides is 1. The van der Waals surface area contributed by atoms with Crippen molar-refractivity contribution in [3.05, 3.63) is 78.4 Å². The largest absolute Gasteiger partial charge is 0.489 e. The molecule has 0 saturated carbocycles. The Labute approximate surface area is 213 Å². The van der Waals surface area contributed by atoms with E-state index in [0.29, 0.717) is 24.8 Å². The normalized spacial score (nSPS) is 12.2. The van der Waals surface area contributed by atoms with Gasteiger partial charge in [-0.05, 0) is 56.0 Å². The molecule has 0 aliphatic heterocycles. The number of amides is 2. The molecule has 0 bridgehead atoms. The molecule has 4 N–H and O–H groups in total. The van der Waals surface area contributed by atoms with Crippen LogP contribution in [0.5, 0.6) is 5.75 Å². The van der Waals surface area contributed by atoms with Crippen LogP contribution in [-0.2, 0) is 16.2 Å². The van der Waals surface area contributed by atoms with Crippen molar-refractivity contribution in [2.75, 3.05) is 18.0 Å². The Bertz CT molecular complexity index is 1100. The molecular weight excluding hydrogens is 454 g/mol. The summed E-state index contributed by atoms with van der Waals surface area (Å²) in [5.74, 6) is -0.987. The van der Waals surface area contributed by atoms with E-state index in [1.54, 1.807) is 0 Å². The number of benzene rings is 2. The van der Waals surface area contributed by atoms with E-state index in [4.69, 9.17) is 10.5 Å². The maximum absolute atomic E-state index is 13.0. The zero-order chi connectivity index (χ0) is 26.1. The molecule has 2 amide bonds. The molecule has 0 radical (unpaired) electrons. The molecule has 1 unspecified atom stereocenters. The lowest BCUT2D eigenvalue weighted by Crippen LogP contribution is -2.54. The fourth-order valence-corrected chi connectivity index (χ4v) is 3.98. The molecule has 1 aromatic heterocycles. The van der Waals surface area contributed by atoms with Gasteiger partial charge in [-0.25, -0.2) is 4.98 Å². The summed E-state index contributed by atoms with van der Waals surface area (Å²) in [4.78, 5) is 34.0. The summed E-state index contributed by atoms with van der Waals surface area (Å²) in [7, 11) is 0. The van der Waals surface area contributed by atoms with Gasteiger partial charge in [-0.3, -0.25) is 9.59 Å². The van der Waals surface area contributed by atoms with Crippen molar-refractivity contribution < 1.29 is 14.3 Å². The van der Waals surface area contributed by atoms with E-state index >= 15 is 0 Å². The van der Waals surface area contributed by atoms with Crippen molar-refractivity contribution in [2.24, 2.45) is 11.7 Å². The molecule has 8 heteroatoms. The minimum atomic E-state index is -1.13. The highest BCUT2D eigenvalue weighted by molar-refractivity contribution is 6.04. The van der Waals surface area contributed by atoms with Gasteiger partial charge in [-0.15, -0.1) is 0 Å². The van der Waals surface area contributed by atoms with Gasteiger partial charge in [0.15, 0.2) is 5.92 Å². The second kappa shape index (κ2) is 12.2. The first-order valence-electron chi connectivity index (χ1n) is 12.3. The van der Waals surface area contributed by atoms with Crippen LogP contribution in [0.25, 0.3) is 0 Å². The predicted molar refractivity (Wildman–Crippen MR) is 142 cm³/mol. The second-order valence-electron chi connectivity index (χ2n) is 10.1. The van der Waals surface area contributed by atoms with E-state index in [-0.39, 0.29) is 0 Å². The standard InChI is InChI=1S/C28H37N5O3/c1-20(2)14-15-33(22-10-12-23(13-11-22)36-17-21-8-6-5-7-9-21)18-28(3,4)32-27(35)25(26(29)34)24-16-30-19-31-24/h5-13,16,19-20,25H,14-15,17-18H2,1-4H3,(H2,29,34)(H,30,31)(H,32,35). The molecule has 8 nitrogen and oxygen atoms in total. The number of imidazole rings is 1. The molecule has 0 aliphatic rings. The van der Waals surface area contributed by atoms with E-state index in [0.717, 1.165) is 30.0 Å². The smallest absolute Gasteiger partial charge is 0.239 e. The first-order chi connectivity index (χ1) is 17.1. The Morgan fingerprint density at radius 1 is 1.11 bits per heavy atom. The first kappa shape index (κ1) is 26.8. The van der Waals surface area contributed by atoms with Crippen LogP contribution < -0.4 is 20.7 Å². The number of rotatable bonds is 13. The average molecular weight is 492 g/mol. The Balaban J connectivity index is 1.70. The third kappa shape index (κ3) is 7.86. The fourth-order valence-electron chi connectivity index (χ4n) is 3.98. The van der Waals surface area contributed by atoms with Crippen LogP contribution in [-0.4, -0.2) is 40.4 Å². The fraction of sp³-hybridized carbons (Fsp3) is 0.393. The minimum absolute atomic E-state index is 0.374. The Kier molecular flexibility index (Phi) is 9.11. The van der Waals surface area contributed by atoms with E-state index in [9.17, 15) is 9.59 Å². The van der Waals surface area contributed by atoms with Crippen LogP contribution in [0.4, 0.5) is 5.69 Å². The van der Waals surface area contributed by atoms with Gasteiger partial charge in [0.05, 0.1) is 17.6 Å². The molecule has 1 heterocycles. The van der Waals surface area contributed by atoms with Crippen LogP contribution in [0.2, 0.25) is 0 Å². The quantitative estimate of drug-likeness (QED) is 0.313. The van der Waals surface area contributed by atoms with Gasteiger partial charge in [0.1, 0.15) is 12.4 Å². The van der Waals surface area contributed by atoms with Gasteiger partial charge in [0, 0.05) is 25.0 Å². The third-order valence-electron chi connectivity index (χ3n) is 5.85. The second-order valence-corrected chi connectivity index (χ2v) is 10.1. The number of hydrogen-bond donors (Lipinski definition) is 3. The van der Waals surface area contributed by atoms with Crippen molar-refractivity contribution in [3.63, 3.8) is 0 Å². The molecule has 192 valence electrons. The molecule has 3 aromatic rings. The topological polar surface area (TPSA) is 113 Å². The van der Waals surface area contributed by atoms with E-state index in [1.807, 2.05) is 68.4 Å². The summed E-state index contributed by atoms with van der Waals surface area (Å²) in [6, 6.07) is 18.1. The molecule has 0 aliphatic carbocycles. The first-order valence-corrected chi connectivity index (χ1v) is 12.3. The summed E-state index contributed by atoms with van der Waals surface area (Å²) in [5.41, 5.74) is 7.41. The highest BCUT2D eigenvalue weighted by Gasteiger charge is 2.33. The lowest BCUT2D eigenvalue weighted by molar-refractivity contribution is -0.131. The summed E-state index contributed by atoms with van der Waals surface area (Å²) >= 11 is 0. The van der Waals surface area contributed by atoms with Gasteiger partial charge >= 0.3 is 0 Å². The number of aromatic nitrogens is 2. The Morgan fingerprint density at radius 2 is 1.81 bits per heavy atom. The predicted octanol–water partition coefficient (Wildman–Crippen LogP) is 4.01. The minimum Gasteiger partial charge on any atom is -0.489 e. The van der Waals surface area contributed by atoms with Gasteiger partial charge in [-0.2, -0.15) is 0 Å². The molecule has 0 fully saturated rings. The van der Waals surface area contributed by atoms with Crippen LogP contribution >= 0.6 is 0 Å². The summed E-state index contributed by atoms with van der Waals surface area (Å²) in [5, 5.41) is 3.01. The third-order valence-corrected chi connectivity index (χ3v) is 5.85. The van der Waals surface area contributed by atoms with Crippen molar-refractivity contribution in [2.45, 2.75) is 52.2 Å². The van der Waals surface area contributed by atoms with Crippen molar-refractivity contribution in [3.8, 4) is 5.75 Å². The van der Waals surface area contributed by atoms with Crippen LogP contribution in [0.15, 0.2) is 67.1 Å². The lowest BCUT2D eigenvalue weighted by Gasteiger charge is -2.36. The van der Waals surface area contributed by atoms with Crippen molar-refractivity contribution in [1.82, 2.24) is 15.3 Å². The summed E-state index contributed by atoms with van der Waals surface area (Å²) < 4.78 is 5.94. The summed E-state index contributed by atoms with van der Waals surface area (Å²) in [6.45, 7) is 10.1. The monoisotopic (exact) mass is 491 g/mol. The number of anilines is 1. The van der Waals surface area contributed by atoms with Crippen LogP contribution in [0.3, 0.4) is 0 Å². The van der Waals surface area contributed by atoms with Crippen LogP contribution in [0, 0.1) is 5.92 Å². The van der Waals surface area contributed by atoms with E-state index in [2.05, 4.69) is 34.0 Å². The molecule has 3 rings (SSSR count). The number of ether oxygens (including phenoxy) is 1. The zero-order valence-corrected chi connectivity index (χ0v) is 21.5. The van der Waals surface area contributed by atoms with Gasteiger partial charge in [0.25, 0.3) is 0 Å². The van der Waals surface area contributed by atoms with E-state index < -0.39 is 23.3 Å². The number of carbonyl (C=O) groups is 2. The molecule has 36 heavy (non-hydrogen) atoms. The summed E-state index contributed by atoms with van der Waals surface area (Å²) in [6.07, 6.45) is 3.86. The maximum atomic E-state index is 13.0. The average Bonchev–Trinajstić information content (AvgIpc) is 3.35. The molecular formula is C28H37N5O3. The van der Waals surface area contributed by atoms with E-state index in [1.165, 1.54) is 12.5 Å². The molecule has 0 saturated heterocycles. The Hall–Kier alpha value is -3.81. The van der Waals surface area contributed by atoms with Gasteiger partial charge in [0.2, 0.25) is 11.8 Å². The highest BCUT2D eigenvalue weighted by Crippen LogP contribution is 2.24. The van der Waals surface area contributed by atoms with Crippen molar-refractivity contribution >= 4 is 17.5 Å². The number of carbonyl (C=O) groups excluding carboxylic acids is 2. The number of nitrogens with two attached hydrogens (primary N) is 1. The molecule has 0 spiro atoms. The SMILES string of the molecule is CC(C)CCN(CC(C)(C)NC(=O)C(C(N)=O)c1cnc[nH]1)c1ccc(OCc2ccccc2)cc1. The number of H-pyrrole nitrogens is 1. The van der Waals surface area contributed by atoms with Gasteiger partial charge < -0.3 is 25.7 Å². The van der Waals surface area contributed by atoms with Gasteiger partial charge in [-0.1, -0.05) is 44.2 Å². The molecule has 2 aromatic carbocycles. The maximum Gasteiger partial charge on any atom is 0.239 e. The Morgan fingerprint density at radius 3 is 2.39 bits per heavy atom. The zero-order valence-electron chi connectivity index (χ0n) is 21.5. The number of hydrogen-bond acceptors (Lipinski definition) is 5. The van der Waals surface area contributed by atoms with Crippen molar-refractivity contribution in [1.29, 1.82) is 0 Å². The lowest BCUT2D eigenvalue weighted by atomic mass is 9.99. The number of nitrogens with zero attached hydrogens (tertiary/aromatic N) is 2. The number of nitrogens with one attached hydrogen (secondary N) is 2.